The first-order chi connectivity index (χ1) is 8.84. The van der Waals surface area contributed by atoms with Gasteiger partial charge in [0, 0.05) is 6.20 Å². The fraction of sp³-hybridized carbons (Fsp3) is 0. The van der Waals surface area contributed by atoms with Crippen LogP contribution in [0.5, 0.6) is 0 Å². The minimum Gasteiger partial charge on any atom is -0.454 e. The number of pyridine rings is 1. The summed E-state index contributed by atoms with van der Waals surface area (Å²) in [4.78, 5) is 4.41. The van der Waals surface area contributed by atoms with Crippen molar-refractivity contribution in [2.45, 2.75) is 0 Å². The molecule has 0 fully saturated rings. The molecule has 0 amide bonds. The van der Waals surface area contributed by atoms with Crippen LogP contribution >= 0.6 is 0 Å². The van der Waals surface area contributed by atoms with Crippen LogP contribution in [0.1, 0.15) is 0 Å². The molecule has 2 heterocycles. The SMILES string of the molecule is [B]c1cc2oc3cccnc3c2c2ccccc12. The standard InChI is InChI=1S/C15H8BNO/c16-11-8-13-14(10-5-2-1-4-9(10)11)15-12(18-13)6-3-7-17-15/h1-8H. The molecule has 0 saturated heterocycles. The van der Waals surface area contributed by atoms with Gasteiger partial charge in [-0.15, -0.1) is 0 Å². The summed E-state index contributed by atoms with van der Waals surface area (Å²) in [6.07, 6.45) is 1.78. The Bertz CT molecular complexity index is 895. The van der Waals surface area contributed by atoms with Gasteiger partial charge in [0.2, 0.25) is 0 Å². The van der Waals surface area contributed by atoms with E-state index in [4.69, 9.17) is 12.3 Å². The molecule has 2 nitrogen and oxygen atoms in total. The van der Waals surface area contributed by atoms with Gasteiger partial charge in [-0.25, -0.2) is 0 Å². The Hall–Kier alpha value is -2.29. The van der Waals surface area contributed by atoms with Crippen molar-refractivity contribution in [1.82, 2.24) is 4.98 Å². The number of furan rings is 1. The van der Waals surface area contributed by atoms with Crippen molar-refractivity contribution in [3.05, 3.63) is 48.7 Å². The highest BCUT2D eigenvalue weighted by molar-refractivity contribution is 6.41. The number of nitrogens with zero attached hydrogens (tertiary/aromatic N) is 1. The van der Waals surface area contributed by atoms with Crippen LogP contribution in [-0.2, 0) is 0 Å². The molecule has 0 aliphatic heterocycles. The van der Waals surface area contributed by atoms with Crippen LogP contribution in [0.15, 0.2) is 53.1 Å². The normalized spacial score (nSPS) is 11.6. The molecule has 18 heavy (non-hydrogen) atoms. The van der Waals surface area contributed by atoms with Crippen molar-refractivity contribution >= 4 is 46.2 Å². The maximum absolute atomic E-state index is 6.06. The topological polar surface area (TPSA) is 26.0 Å². The van der Waals surface area contributed by atoms with Gasteiger partial charge in [0.1, 0.15) is 18.9 Å². The minimum absolute atomic E-state index is 0.733. The smallest absolute Gasteiger partial charge is 0.153 e. The monoisotopic (exact) mass is 229 g/mol. The van der Waals surface area contributed by atoms with E-state index in [-0.39, 0.29) is 0 Å². The van der Waals surface area contributed by atoms with Crippen LogP contribution < -0.4 is 5.46 Å². The number of fused-ring (bicyclic) bond motifs is 5. The predicted octanol–water partition coefficient (Wildman–Crippen LogP) is 2.93. The zero-order chi connectivity index (χ0) is 12.1. The summed E-state index contributed by atoms with van der Waals surface area (Å²) in [5.74, 6) is 0. The number of hydrogen-bond acceptors (Lipinski definition) is 2. The molecule has 0 aliphatic carbocycles. The van der Waals surface area contributed by atoms with E-state index in [0.717, 1.165) is 38.3 Å². The molecule has 3 heteroatoms. The van der Waals surface area contributed by atoms with E-state index in [9.17, 15) is 0 Å². The molecule has 82 valence electrons. The lowest BCUT2D eigenvalue weighted by Gasteiger charge is -2.02. The summed E-state index contributed by atoms with van der Waals surface area (Å²) in [6.45, 7) is 0. The first-order valence-corrected chi connectivity index (χ1v) is 5.79. The molecule has 2 radical (unpaired) electrons. The van der Waals surface area contributed by atoms with Gasteiger partial charge in [-0.05, 0) is 29.0 Å². The van der Waals surface area contributed by atoms with Crippen molar-refractivity contribution in [3.8, 4) is 0 Å². The Kier molecular flexibility index (Phi) is 1.81. The maximum atomic E-state index is 6.06. The summed E-state index contributed by atoms with van der Waals surface area (Å²) < 4.78 is 5.80. The van der Waals surface area contributed by atoms with Gasteiger partial charge in [-0.3, -0.25) is 4.98 Å². The fourth-order valence-corrected chi connectivity index (χ4v) is 2.48. The fourth-order valence-electron chi connectivity index (χ4n) is 2.48. The van der Waals surface area contributed by atoms with E-state index in [0.29, 0.717) is 0 Å². The van der Waals surface area contributed by atoms with Crippen LogP contribution in [0.2, 0.25) is 0 Å². The number of rotatable bonds is 0. The summed E-state index contributed by atoms with van der Waals surface area (Å²) in [5.41, 5.74) is 3.21. The second-order valence-electron chi connectivity index (χ2n) is 4.34. The van der Waals surface area contributed by atoms with Crippen molar-refractivity contribution in [2.24, 2.45) is 0 Å². The van der Waals surface area contributed by atoms with Crippen molar-refractivity contribution in [3.63, 3.8) is 0 Å². The van der Waals surface area contributed by atoms with Crippen LogP contribution in [0.25, 0.3) is 32.8 Å². The molecule has 2 aromatic carbocycles. The molecule has 0 unspecified atom stereocenters. The molecule has 4 rings (SSSR count). The molecular formula is C15H8BNO. The summed E-state index contributed by atoms with van der Waals surface area (Å²) >= 11 is 0. The molecule has 0 saturated carbocycles. The minimum atomic E-state index is 0.733. The third kappa shape index (κ3) is 1.16. The maximum Gasteiger partial charge on any atom is 0.153 e. The highest BCUT2D eigenvalue weighted by Crippen LogP contribution is 2.31. The van der Waals surface area contributed by atoms with Gasteiger partial charge < -0.3 is 4.42 Å². The highest BCUT2D eigenvalue weighted by atomic mass is 16.3. The Balaban J connectivity index is 2.39. The lowest BCUT2D eigenvalue weighted by Crippen LogP contribution is -2.02. The number of aromatic nitrogens is 1. The van der Waals surface area contributed by atoms with Gasteiger partial charge in [-0.2, -0.15) is 0 Å². The largest absolute Gasteiger partial charge is 0.454 e. The van der Waals surface area contributed by atoms with Crippen LogP contribution in [-0.4, -0.2) is 12.8 Å². The first-order valence-electron chi connectivity index (χ1n) is 5.79. The summed E-state index contributed by atoms with van der Waals surface area (Å²) in [5, 5.41) is 3.17. The molecule has 0 aliphatic rings. The number of benzene rings is 2. The molecule has 0 spiro atoms. The van der Waals surface area contributed by atoms with E-state index in [1.54, 1.807) is 6.20 Å². The van der Waals surface area contributed by atoms with Crippen molar-refractivity contribution in [1.29, 1.82) is 0 Å². The Morgan fingerprint density at radius 3 is 2.67 bits per heavy atom. The molecule has 2 aromatic heterocycles. The predicted molar refractivity (Wildman–Crippen MR) is 74.4 cm³/mol. The second-order valence-corrected chi connectivity index (χ2v) is 4.34. The first kappa shape index (κ1) is 9.72. The van der Waals surface area contributed by atoms with Crippen LogP contribution in [0, 0.1) is 0 Å². The molecule has 0 bridgehead atoms. The summed E-state index contributed by atoms with van der Waals surface area (Å²) in [6, 6.07) is 13.7. The van der Waals surface area contributed by atoms with Crippen molar-refractivity contribution < 1.29 is 4.42 Å². The van der Waals surface area contributed by atoms with Crippen molar-refractivity contribution in [2.75, 3.05) is 0 Å². The second kappa shape index (κ2) is 3.36. The Morgan fingerprint density at radius 2 is 1.78 bits per heavy atom. The summed E-state index contributed by atoms with van der Waals surface area (Å²) in [7, 11) is 6.06. The highest BCUT2D eigenvalue weighted by Gasteiger charge is 2.11. The van der Waals surface area contributed by atoms with E-state index in [1.165, 1.54) is 0 Å². The van der Waals surface area contributed by atoms with Gasteiger partial charge in [0.25, 0.3) is 0 Å². The van der Waals surface area contributed by atoms with E-state index in [2.05, 4.69) is 11.1 Å². The number of hydrogen-bond donors (Lipinski definition) is 0. The van der Waals surface area contributed by atoms with Gasteiger partial charge in [0.05, 0.1) is 5.39 Å². The third-order valence-corrected chi connectivity index (χ3v) is 3.27. The van der Waals surface area contributed by atoms with E-state index in [1.807, 2.05) is 36.4 Å². The molecule has 4 aromatic rings. The average molecular weight is 229 g/mol. The lowest BCUT2D eigenvalue weighted by molar-refractivity contribution is 0.668. The third-order valence-electron chi connectivity index (χ3n) is 3.27. The van der Waals surface area contributed by atoms with E-state index >= 15 is 0 Å². The molecule has 0 N–H and O–H groups in total. The van der Waals surface area contributed by atoms with Gasteiger partial charge in [0.15, 0.2) is 5.58 Å². The molecular weight excluding hydrogens is 221 g/mol. The zero-order valence-electron chi connectivity index (χ0n) is 9.55. The lowest BCUT2D eigenvalue weighted by atomic mass is 9.88. The Labute approximate surface area is 105 Å². The quantitative estimate of drug-likeness (QED) is 0.433. The molecule has 0 atom stereocenters. The Morgan fingerprint density at radius 1 is 0.944 bits per heavy atom. The van der Waals surface area contributed by atoms with Gasteiger partial charge in [-0.1, -0.05) is 29.7 Å². The van der Waals surface area contributed by atoms with Crippen LogP contribution in [0.4, 0.5) is 0 Å². The average Bonchev–Trinajstić information content (AvgIpc) is 2.77. The zero-order valence-corrected chi connectivity index (χ0v) is 9.55. The van der Waals surface area contributed by atoms with Gasteiger partial charge >= 0.3 is 0 Å². The van der Waals surface area contributed by atoms with Crippen LogP contribution in [0.3, 0.4) is 0 Å². The van der Waals surface area contributed by atoms with E-state index < -0.39 is 0 Å².